The molecule has 1 saturated heterocycles. The second-order valence-corrected chi connectivity index (χ2v) is 9.87. The largest absolute Gasteiger partial charge is 0.329 e. The van der Waals surface area contributed by atoms with E-state index in [-0.39, 0.29) is 36.1 Å². The lowest BCUT2D eigenvalue weighted by molar-refractivity contribution is -0.137. The van der Waals surface area contributed by atoms with Crippen molar-refractivity contribution in [1.29, 1.82) is 0 Å². The Kier molecular flexibility index (Phi) is 7.09. The summed E-state index contributed by atoms with van der Waals surface area (Å²) in [4.78, 5) is 42.0. The molecule has 8 nitrogen and oxygen atoms in total. The first-order valence-corrected chi connectivity index (χ1v) is 12.7. The zero-order valence-electron chi connectivity index (χ0n) is 18.9. The average Bonchev–Trinajstić information content (AvgIpc) is 3.13. The first-order valence-electron chi connectivity index (χ1n) is 11.1. The smallest absolute Gasteiger partial charge is 0.257 e. The number of carbonyl (C=O) groups is 3. The van der Waals surface area contributed by atoms with Crippen LogP contribution in [0.3, 0.4) is 0 Å². The first-order chi connectivity index (χ1) is 16.7. The van der Waals surface area contributed by atoms with E-state index in [0.29, 0.717) is 12.1 Å². The van der Waals surface area contributed by atoms with E-state index in [1.54, 1.807) is 42.5 Å². The third-order valence-electron chi connectivity index (χ3n) is 5.93. The number of anilines is 1. The molecule has 0 radical (unpaired) electrons. The number of rotatable bonds is 8. The lowest BCUT2D eigenvalue weighted by Gasteiger charge is -2.28. The van der Waals surface area contributed by atoms with Gasteiger partial charge in [0.1, 0.15) is 6.04 Å². The molecule has 1 heterocycles. The van der Waals surface area contributed by atoms with Crippen molar-refractivity contribution >= 4 is 33.4 Å². The SMILES string of the molecule is NS(=O)(=O)c1ccc(CCN(C(=O)Cc2ccccc2)C2CC(=O)N(c3ccccc3)C2=O)cc1. The van der Waals surface area contributed by atoms with E-state index in [1.807, 2.05) is 30.3 Å². The van der Waals surface area contributed by atoms with E-state index in [4.69, 9.17) is 5.14 Å². The summed E-state index contributed by atoms with van der Waals surface area (Å²) in [6.45, 7) is 0.187. The molecule has 3 aromatic carbocycles. The minimum absolute atomic E-state index is 0.00618. The maximum absolute atomic E-state index is 13.3. The van der Waals surface area contributed by atoms with Crippen LogP contribution in [0.25, 0.3) is 0 Å². The fourth-order valence-electron chi connectivity index (χ4n) is 4.13. The van der Waals surface area contributed by atoms with Crippen LogP contribution >= 0.6 is 0 Å². The normalized spacial score (nSPS) is 15.9. The summed E-state index contributed by atoms with van der Waals surface area (Å²) in [5, 5.41) is 5.16. The van der Waals surface area contributed by atoms with Gasteiger partial charge in [-0.05, 0) is 41.8 Å². The minimum atomic E-state index is -3.81. The summed E-state index contributed by atoms with van der Waals surface area (Å²) in [6.07, 6.45) is 0.363. The fraction of sp³-hybridized carbons (Fsp3) is 0.192. The molecular weight excluding hydrogens is 466 g/mol. The van der Waals surface area contributed by atoms with Crippen LogP contribution in [0.5, 0.6) is 0 Å². The highest BCUT2D eigenvalue weighted by Gasteiger charge is 2.44. The van der Waals surface area contributed by atoms with Gasteiger partial charge in [0, 0.05) is 6.54 Å². The fourth-order valence-corrected chi connectivity index (χ4v) is 4.64. The minimum Gasteiger partial charge on any atom is -0.329 e. The molecule has 1 aliphatic rings. The van der Waals surface area contributed by atoms with Crippen LogP contribution in [0, 0.1) is 0 Å². The number of nitrogens with zero attached hydrogens (tertiary/aromatic N) is 2. The van der Waals surface area contributed by atoms with Gasteiger partial charge in [-0.3, -0.25) is 14.4 Å². The lowest BCUT2D eigenvalue weighted by atomic mass is 10.1. The van der Waals surface area contributed by atoms with Crippen molar-refractivity contribution in [3.63, 3.8) is 0 Å². The van der Waals surface area contributed by atoms with Crippen LogP contribution in [0.15, 0.2) is 89.8 Å². The number of hydrogen-bond acceptors (Lipinski definition) is 5. The number of primary sulfonamides is 1. The molecule has 0 saturated carbocycles. The van der Waals surface area contributed by atoms with E-state index in [2.05, 4.69) is 0 Å². The summed E-state index contributed by atoms with van der Waals surface area (Å²) in [5.74, 6) is -1.06. The highest BCUT2D eigenvalue weighted by Crippen LogP contribution is 2.26. The van der Waals surface area contributed by atoms with Crippen LogP contribution in [-0.4, -0.2) is 43.6 Å². The Morgan fingerprint density at radius 2 is 1.49 bits per heavy atom. The quantitative estimate of drug-likeness (QED) is 0.485. The van der Waals surface area contributed by atoms with Crippen LogP contribution in [0.2, 0.25) is 0 Å². The number of amides is 3. The number of imide groups is 1. The Hall–Kier alpha value is -3.82. The zero-order chi connectivity index (χ0) is 25.0. The zero-order valence-corrected chi connectivity index (χ0v) is 19.7. The maximum atomic E-state index is 13.3. The van der Waals surface area contributed by atoms with Crippen molar-refractivity contribution in [2.45, 2.75) is 30.2 Å². The number of carbonyl (C=O) groups excluding carboxylic acids is 3. The van der Waals surface area contributed by atoms with Crippen molar-refractivity contribution in [3.8, 4) is 0 Å². The Bertz CT molecular complexity index is 1330. The standard InChI is InChI=1S/C26H25N3O5S/c27-35(33,34)22-13-11-19(12-14-22)15-16-28(24(30)17-20-7-3-1-4-8-20)23-18-25(31)29(26(23)32)21-9-5-2-6-10-21/h1-14,23H,15-18H2,(H2,27,33,34). The highest BCUT2D eigenvalue weighted by molar-refractivity contribution is 7.89. The third-order valence-corrected chi connectivity index (χ3v) is 6.85. The van der Waals surface area contributed by atoms with Crippen molar-refractivity contribution < 1.29 is 22.8 Å². The predicted molar refractivity (Wildman–Crippen MR) is 131 cm³/mol. The first kappa shape index (κ1) is 24.3. The highest BCUT2D eigenvalue weighted by atomic mass is 32.2. The van der Waals surface area contributed by atoms with Crippen molar-refractivity contribution in [2.75, 3.05) is 11.4 Å². The molecular formula is C26H25N3O5S. The molecule has 3 aromatic rings. The van der Waals surface area contributed by atoms with Crippen LogP contribution in [-0.2, 0) is 37.2 Å². The Morgan fingerprint density at radius 3 is 2.09 bits per heavy atom. The van der Waals surface area contributed by atoms with E-state index in [0.717, 1.165) is 16.0 Å². The second-order valence-electron chi connectivity index (χ2n) is 8.31. The van der Waals surface area contributed by atoms with E-state index in [1.165, 1.54) is 17.0 Å². The molecule has 1 unspecified atom stereocenters. The van der Waals surface area contributed by atoms with Crippen LogP contribution in [0.4, 0.5) is 5.69 Å². The van der Waals surface area contributed by atoms with Gasteiger partial charge in [0.25, 0.3) is 5.91 Å². The van der Waals surface area contributed by atoms with Gasteiger partial charge in [0.05, 0.1) is 23.4 Å². The number of benzene rings is 3. The number of hydrogen-bond donors (Lipinski definition) is 1. The summed E-state index contributed by atoms with van der Waals surface area (Å²) in [5.41, 5.74) is 2.04. The van der Waals surface area contributed by atoms with Crippen molar-refractivity contribution in [3.05, 3.63) is 96.1 Å². The molecule has 0 aliphatic carbocycles. The van der Waals surface area contributed by atoms with Gasteiger partial charge < -0.3 is 4.90 Å². The van der Waals surface area contributed by atoms with Crippen LogP contribution < -0.4 is 10.0 Å². The summed E-state index contributed by atoms with van der Waals surface area (Å²) in [7, 11) is -3.81. The molecule has 0 bridgehead atoms. The molecule has 35 heavy (non-hydrogen) atoms. The molecule has 2 N–H and O–H groups in total. The van der Waals surface area contributed by atoms with Gasteiger partial charge in [-0.2, -0.15) is 0 Å². The molecule has 1 aliphatic heterocycles. The van der Waals surface area contributed by atoms with Gasteiger partial charge in [-0.25, -0.2) is 18.5 Å². The van der Waals surface area contributed by atoms with Crippen molar-refractivity contribution in [1.82, 2.24) is 4.90 Å². The topological polar surface area (TPSA) is 118 Å². The van der Waals surface area contributed by atoms with Gasteiger partial charge in [0.15, 0.2) is 0 Å². The summed E-state index contributed by atoms with van der Waals surface area (Å²) >= 11 is 0. The number of sulfonamides is 1. The predicted octanol–water partition coefficient (Wildman–Crippen LogP) is 2.28. The van der Waals surface area contributed by atoms with Gasteiger partial charge in [0.2, 0.25) is 21.8 Å². The number of nitrogens with two attached hydrogens (primary N) is 1. The van der Waals surface area contributed by atoms with Crippen molar-refractivity contribution in [2.24, 2.45) is 5.14 Å². The van der Waals surface area contributed by atoms with E-state index in [9.17, 15) is 22.8 Å². The van der Waals surface area contributed by atoms with Gasteiger partial charge >= 0.3 is 0 Å². The van der Waals surface area contributed by atoms with Crippen LogP contribution in [0.1, 0.15) is 17.5 Å². The summed E-state index contributed by atoms with van der Waals surface area (Å²) < 4.78 is 23.0. The third kappa shape index (κ3) is 5.64. The lowest BCUT2D eigenvalue weighted by Crippen LogP contribution is -2.47. The Balaban J connectivity index is 1.57. The molecule has 1 fully saturated rings. The van der Waals surface area contributed by atoms with E-state index < -0.39 is 22.0 Å². The monoisotopic (exact) mass is 491 g/mol. The number of para-hydroxylation sites is 1. The maximum Gasteiger partial charge on any atom is 0.257 e. The molecule has 180 valence electrons. The molecule has 4 rings (SSSR count). The molecule has 3 amide bonds. The Morgan fingerprint density at radius 1 is 0.886 bits per heavy atom. The summed E-state index contributed by atoms with van der Waals surface area (Å²) in [6, 6.07) is 23.0. The molecule has 1 atom stereocenters. The average molecular weight is 492 g/mol. The van der Waals surface area contributed by atoms with E-state index >= 15 is 0 Å². The second kappa shape index (κ2) is 10.2. The van der Waals surface area contributed by atoms with Gasteiger partial charge in [-0.1, -0.05) is 60.7 Å². The molecule has 0 aromatic heterocycles. The Labute approximate surface area is 204 Å². The molecule has 0 spiro atoms. The molecule has 9 heteroatoms. The van der Waals surface area contributed by atoms with Gasteiger partial charge in [-0.15, -0.1) is 0 Å².